The fraction of sp³-hybridized carbons (Fsp3) is 0.333. The minimum absolute atomic E-state index is 0.0169. The Balaban J connectivity index is 2.78. The van der Waals surface area contributed by atoms with Crippen LogP contribution in [0, 0.1) is 0 Å². The molecule has 0 radical (unpaired) electrons. The highest BCUT2D eigenvalue weighted by Gasteiger charge is 2.12. The minimum Gasteiger partial charge on any atom is -0.481 e. The van der Waals surface area contributed by atoms with Gasteiger partial charge in [0.1, 0.15) is 14.2 Å². The zero-order valence-electron chi connectivity index (χ0n) is 6.30. The molecule has 0 bridgehead atoms. The molecule has 72 valence electrons. The summed E-state index contributed by atoms with van der Waals surface area (Å²) in [6.45, 7) is 0.293. The molecule has 4 nitrogen and oxygen atoms in total. The first kappa shape index (κ1) is 11.0. The van der Waals surface area contributed by atoms with Gasteiger partial charge in [-0.25, -0.2) is 0 Å². The summed E-state index contributed by atoms with van der Waals surface area (Å²) in [6.07, 6.45) is 0.0169. The van der Waals surface area contributed by atoms with Crippen molar-refractivity contribution in [3.63, 3.8) is 0 Å². The van der Waals surface area contributed by atoms with Gasteiger partial charge in [-0.2, -0.15) is 5.10 Å². The molecule has 0 aromatic carbocycles. The highest BCUT2D eigenvalue weighted by atomic mass is 79.9. The van der Waals surface area contributed by atoms with Gasteiger partial charge in [-0.3, -0.25) is 9.48 Å². The van der Waals surface area contributed by atoms with Gasteiger partial charge >= 0.3 is 5.97 Å². The summed E-state index contributed by atoms with van der Waals surface area (Å²) in [5.41, 5.74) is 0. The monoisotopic (exact) mass is 330 g/mol. The molecule has 1 N–H and O–H groups in total. The number of aryl methyl sites for hydroxylation is 1. The molecule has 0 saturated carbocycles. The fourth-order valence-electron chi connectivity index (χ4n) is 0.742. The molecule has 1 aromatic rings. The number of nitrogens with zero attached hydrogens (tertiary/aromatic N) is 2. The predicted octanol–water partition coefficient (Wildman–Crippen LogP) is 2.54. The number of hydrogen-bond acceptors (Lipinski definition) is 2. The van der Waals surface area contributed by atoms with E-state index in [0.717, 1.165) is 0 Å². The first-order chi connectivity index (χ1) is 6.02. The lowest BCUT2D eigenvalue weighted by Gasteiger charge is -1.98. The van der Waals surface area contributed by atoms with E-state index in [1.54, 1.807) is 0 Å². The normalized spacial score (nSPS) is 10.4. The van der Waals surface area contributed by atoms with Gasteiger partial charge in [0.05, 0.1) is 13.0 Å². The molecule has 0 aliphatic heterocycles. The van der Waals surface area contributed by atoms with Crippen molar-refractivity contribution < 1.29 is 9.90 Å². The second-order valence-corrected chi connectivity index (χ2v) is 4.14. The first-order valence-electron chi connectivity index (χ1n) is 3.31. The molecule has 0 aliphatic carbocycles. The van der Waals surface area contributed by atoms with Crippen LogP contribution in [0.3, 0.4) is 0 Å². The van der Waals surface area contributed by atoms with E-state index < -0.39 is 5.97 Å². The van der Waals surface area contributed by atoms with Crippen molar-refractivity contribution in [2.75, 3.05) is 0 Å². The van der Waals surface area contributed by atoms with Crippen LogP contribution < -0.4 is 0 Å². The van der Waals surface area contributed by atoms with Crippen LogP contribution in [0.25, 0.3) is 0 Å². The Hall–Kier alpha value is -0.0700. The number of rotatable bonds is 3. The van der Waals surface area contributed by atoms with E-state index in [9.17, 15) is 4.79 Å². The standard InChI is InChI=1S/C6H5Br2ClN2O2/c7-5-4(9)6(8)11(10-5)2-1-3(12)13/h1-2H2,(H,12,13). The van der Waals surface area contributed by atoms with Crippen molar-refractivity contribution in [3.05, 3.63) is 14.2 Å². The molecule has 0 fully saturated rings. The second-order valence-electron chi connectivity index (χ2n) is 2.26. The number of aromatic nitrogens is 2. The van der Waals surface area contributed by atoms with E-state index >= 15 is 0 Å². The van der Waals surface area contributed by atoms with Crippen molar-refractivity contribution in [2.24, 2.45) is 0 Å². The number of aliphatic carboxylic acids is 1. The van der Waals surface area contributed by atoms with Crippen LogP contribution in [0.5, 0.6) is 0 Å². The number of halogens is 3. The summed E-state index contributed by atoms with van der Waals surface area (Å²) in [5, 5.41) is 12.9. The largest absolute Gasteiger partial charge is 0.481 e. The maximum absolute atomic E-state index is 10.3. The molecule has 1 aromatic heterocycles. The highest BCUT2D eigenvalue weighted by molar-refractivity contribution is 9.11. The van der Waals surface area contributed by atoms with E-state index in [1.807, 2.05) is 0 Å². The SMILES string of the molecule is O=C(O)CCn1nc(Br)c(Cl)c1Br. The molecule has 1 heterocycles. The molecule has 0 saturated heterocycles. The Kier molecular flexibility index (Phi) is 3.75. The molecule has 0 amide bonds. The third-order valence-electron chi connectivity index (χ3n) is 1.33. The fourth-order valence-corrected chi connectivity index (χ4v) is 1.97. The summed E-state index contributed by atoms with van der Waals surface area (Å²) in [4.78, 5) is 10.3. The van der Waals surface area contributed by atoms with Gasteiger partial charge in [0.15, 0.2) is 0 Å². The van der Waals surface area contributed by atoms with E-state index in [2.05, 4.69) is 37.0 Å². The maximum atomic E-state index is 10.3. The van der Waals surface area contributed by atoms with Crippen molar-refractivity contribution in [2.45, 2.75) is 13.0 Å². The third-order valence-corrected chi connectivity index (χ3v) is 3.51. The molecule has 13 heavy (non-hydrogen) atoms. The summed E-state index contributed by atoms with van der Waals surface area (Å²) < 4.78 is 2.58. The minimum atomic E-state index is -0.866. The van der Waals surface area contributed by atoms with Gasteiger partial charge in [-0.1, -0.05) is 11.6 Å². The Morgan fingerprint density at radius 2 is 2.23 bits per heavy atom. The van der Waals surface area contributed by atoms with Crippen molar-refractivity contribution in [1.82, 2.24) is 9.78 Å². The van der Waals surface area contributed by atoms with Crippen molar-refractivity contribution >= 4 is 49.4 Å². The Morgan fingerprint density at radius 3 is 2.62 bits per heavy atom. The van der Waals surface area contributed by atoms with Gasteiger partial charge in [-0.05, 0) is 31.9 Å². The molecule has 1 rings (SSSR count). The lowest BCUT2D eigenvalue weighted by atomic mass is 10.4. The average molecular weight is 332 g/mol. The van der Waals surface area contributed by atoms with Crippen molar-refractivity contribution in [1.29, 1.82) is 0 Å². The molecular weight excluding hydrogens is 327 g/mol. The van der Waals surface area contributed by atoms with Gasteiger partial charge in [0.2, 0.25) is 0 Å². The van der Waals surface area contributed by atoms with Gasteiger partial charge in [0.25, 0.3) is 0 Å². The average Bonchev–Trinajstić information content (AvgIpc) is 2.29. The summed E-state index contributed by atoms with van der Waals surface area (Å²) in [6, 6.07) is 0. The molecule has 0 aliphatic rings. The number of hydrogen-bond donors (Lipinski definition) is 1. The van der Waals surface area contributed by atoms with Crippen LogP contribution in [0.1, 0.15) is 6.42 Å². The predicted molar refractivity (Wildman–Crippen MR) is 54.9 cm³/mol. The molecule has 0 spiro atoms. The van der Waals surface area contributed by atoms with Crippen molar-refractivity contribution in [3.8, 4) is 0 Å². The van der Waals surface area contributed by atoms with Gasteiger partial charge < -0.3 is 5.11 Å². The Bertz CT molecular complexity index is 340. The number of carboxylic acids is 1. The quantitative estimate of drug-likeness (QED) is 0.925. The number of carboxylic acid groups (broad SMARTS) is 1. The lowest BCUT2D eigenvalue weighted by molar-refractivity contribution is -0.137. The molecule has 0 atom stereocenters. The van der Waals surface area contributed by atoms with Crippen LogP contribution in [0.4, 0.5) is 0 Å². The maximum Gasteiger partial charge on any atom is 0.305 e. The van der Waals surface area contributed by atoms with Gasteiger partial charge in [-0.15, -0.1) is 0 Å². The topological polar surface area (TPSA) is 55.1 Å². The Labute approximate surface area is 96.1 Å². The summed E-state index contributed by atoms with van der Waals surface area (Å²) >= 11 is 12.1. The summed E-state index contributed by atoms with van der Waals surface area (Å²) in [7, 11) is 0. The van der Waals surface area contributed by atoms with E-state index in [4.69, 9.17) is 16.7 Å². The third kappa shape index (κ3) is 2.69. The molecule has 7 heteroatoms. The molecule has 0 unspecified atom stereocenters. The molecular formula is C6H5Br2ClN2O2. The van der Waals surface area contributed by atoms with E-state index in [0.29, 0.717) is 20.8 Å². The van der Waals surface area contributed by atoms with E-state index in [1.165, 1.54) is 4.68 Å². The zero-order chi connectivity index (χ0) is 10.0. The van der Waals surface area contributed by atoms with Crippen LogP contribution in [0.2, 0.25) is 5.02 Å². The van der Waals surface area contributed by atoms with Crippen LogP contribution >= 0.6 is 43.5 Å². The van der Waals surface area contributed by atoms with E-state index in [-0.39, 0.29) is 6.42 Å². The summed E-state index contributed by atoms with van der Waals surface area (Å²) in [5.74, 6) is -0.866. The Morgan fingerprint density at radius 1 is 1.62 bits per heavy atom. The smallest absolute Gasteiger partial charge is 0.305 e. The second kappa shape index (κ2) is 4.43. The lowest BCUT2D eigenvalue weighted by Crippen LogP contribution is -2.05. The van der Waals surface area contributed by atoms with Crippen LogP contribution in [-0.2, 0) is 11.3 Å². The number of carbonyl (C=O) groups is 1. The zero-order valence-corrected chi connectivity index (χ0v) is 10.2. The van der Waals surface area contributed by atoms with Crippen LogP contribution in [0.15, 0.2) is 9.21 Å². The van der Waals surface area contributed by atoms with Crippen LogP contribution in [-0.4, -0.2) is 20.9 Å². The highest BCUT2D eigenvalue weighted by Crippen LogP contribution is 2.29. The first-order valence-corrected chi connectivity index (χ1v) is 5.28. The van der Waals surface area contributed by atoms with Gasteiger partial charge in [0, 0.05) is 0 Å².